The summed E-state index contributed by atoms with van der Waals surface area (Å²) in [6.45, 7) is -0.613. The van der Waals surface area contributed by atoms with Crippen LogP contribution in [0.25, 0.3) is 0 Å². The van der Waals surface area contributed by atoms with Gasteiger partial charge in [-0.1, -0.05) is 23.4 Å². The quantitative estimate of drug-likeness (QED) is 0.697. The number of amides is 1. The molecule has 0 aliphatic carbocycles. The first-order chi connectivity index (χ1) is 9.08. The fraction of sp³-hybridized carbons (Fsp3) is 0.182. The lowest BCUT2D eigenvalue weighted by molar-refractivity contribution is -0.142. The van der Waals surface area contributed by atoms with Gasteiger partial charge in [-0.05, 0) is 6.07 Å². The molecule has 3 N–H and O–H groups in total. The smallest absolute Gasteiger partial charge is 0.426 e. The van der Waals surface area contributed by atoms with Crippen LogP contribution in [0.15, 0.2) is 29.4 Å². The van der Waals surface area contributed by atoms with Gasteiger partial charge in [0.05, 0.1) is 12.2 Å². The van der Waals surface area contributed by atoms with Gasteiger partial charge in [-0.15, -0.1) is 0 Å². The molecule has 0 radical (unpaired) electrons. The van der Waals surface area contributed by atoms with Gasteiger partial charge in [0, 0.05) is 5.56 Å². The second kappa shape index (κ2) is 5.25. The van der Waals surface area contributed by atoms with Crippen LogP contribution in [0, 0.1) is 0 Å². The van der Waals surface area contributed by atoms with Crippen LogP contribution in [0.4, 0.5) is 10.5 Å². The molecule has 1 aliphatic rings. The molecular formula is C11H11N3O5. The molecule has 0 spiro atoms. The van der Waals surface area contributed by atoms with E-state index in [1.165, 1.54) is 0 Å². The first-order valence-corrected chi connectivity index (χ1v) is 5.35. The van der Waals surface area contributed by atoms with E-state index in [9.17, 15) is 9.59 Å². The molecular weight excluding hydrogens is 254 g/mol. The molecule has 1 aromatic carbocycles. The van der Waals surface area contributed by atoms with Gasteiger partial charge in [-0.25, -0.2) is 14.6 Å². The average molecular weight is 265 g/mol. The fourth-order valence-electron chi connectivity index (χ4n) is 1.61. The number of aliphatic carboxylic acids is 1. The van der Waals surface area contributed by atoms with Gasteiger partial charge in [0.1, 0.15) is 5.71 Å². The van der Waals surface area contributed by atoms with Gasteiger partial charge in [0.2, 0.25) is 6.61 Å². The van der Waals surface area contributed by atoms with Crippen LogP contribution in [0.2, 0.25) is 0 Å². The van der Waals surface area contributed by atoms with Crippen molar-refractivity contribution in [3.05, 3.63) is 29.8 Å². The van der Waals surface area contributed by atoms with Crippen LogP contribution in [-0.2, 0) is 9.63 Å². The van der Waals surface area contributed by atoms with Crippen LogP contribution in [-0.4, -0.2) is 46.1 Å². The number of anilines is 1. The molecule has 0 atom stereocenters. The molecule has 0 aromatic heterocycles. The summed E-state index contributed by atoms with van der Waals surface area (Å²) in [5.41, 5.74) is 4.29. The molecule has 8 nitrogen and oxygen atoms in total. The van der Waals surface area contributed by atoms with E-state index in [0.717, 1.165) is 5.01 Å². The number of oxime groups is 1. The molecule has 0 saturated heterocycles. The number of nitrogens with one attached hydrogen (secondary N) is 1. The number of carboxylic acids is 1. The molecule has 19 heavy (non-hydrogen) atoms. The predicted octanol–water partition coefficient (Wildman–Crippen LogP) is 0.812. The Morgan fingerprint density at radius 2 is 2.11 bits per heavy atom. The highest BCUT2D eigenvalue weighted by molar-refractivity contribution is 6.08. The third-order valence-electron chi connectivity index (χ3n) is 2.39. The summed E-state index contributed by atoms with van der Waals surface area (Å²) in [4.78, 5) is 26.0. The molecule has 0 bridgehead atoms. The molecule has 1 aliphatic heterocycles. The van der Waals surface area contributed by atoms with E-state index in [4.69, 9.17) is 10.2 Å². The topological polar surface area (TPSA) is 111 Å². The summed E-state index contributed by atoms with van der Waals surface area (Å²) >= 11 is 0. The van der Waals surface area contributed by atoms with Crippen molar-refractivity contribution in [1.82, 2.24) is 5.01 Å². The number of hydrogen-bond donors (Lipinski definition) is 3. The number of rotatable bonds is 3. The molecule has 1 heterocycles. The van der Waals surface area contributed by atoms with E-state index < -0.39 is 18.7 Å². The Morgan fingerprint density at radius 1 is 1.37 bits per heavy atom. The maximum absolute atomic E-state index is 11.0. The van der Waals surface area contributed by atoms with Crippen molar-refractivity contribution in [2.75, 3.05) is 18.6 Å². The summed E-state index contributed by atoms with van der Waals surface area (Å²) in [6, 6.07) is 6.94. The summed E-state index contributed by atoms with van der Waals surface area (Å²) in [7, 11) is 0. The number of para-hydroxylation sites is 1. The van der Waals surface area contributed by atoms with Crippen LogP contribution in [0.3, 0.4) is 0 Å². The number of fused-ring (bicyclic) bond motifs is 1. The van der Waals surface area contributed by atoms with Crippen molar-refractivity contribution >= 4 is 23.5 Å². The minimum atomic E-state index is -1.17. The van der Waals surface area contributed by atoms with Gasteiger partial charge in [0.15, 0.2) is 0 Å². The third-order valence-corrected chi connectivity index (χ3v) is 2.39. The summed E-state index contributed by atoms with van der Waals surface area (Å²) in [5.74, 6) is -1.15. The third kappa shape index (κ3) is 2.92. The van der Waals surface area contributed by atoms with E-state index in [1.54, 1.807) is 24.3 Å². The number of hydrazine groups is 1. The van der Waals surface area contributed by atoms with Crippen LogP contribution >= 0.6 is 0 Å². The first kappa shape index (κ1) is 12.7. The molecule has 1 amide bonds. The average Bonchev–Trinajstić information content (AvgIpc) is 2.38. The molecule has 0 unspecified atom stereocenters. The van der Waals surface area contributed by atoms with Gasteiger partial charge in [-0.2, -0.15) is 0 Å². The Balaban J connectivity index is 2.26. The van der Waals surface area contributed by atoms with Crippen molar-refractivity contribution < 1.29 is 24.6 Å². The van der Waals surface area contributed by atoms with E-state index in [1.807, 2.05) is 0 Å². The molecule has 100 valence electrons. The van der Waals surface area contributed by atoms with Gasteiger partial charge >= 0.3 is 12.1 Å². The lowest BCUT2D eigenvalue weighted by Crippen LogP contribution is -2.43. The Morgan fingerprint density at radius 3 is 2.79 bits per heavy atom. The van der Waals surface area contributed by atoms with Crippen molar-refractivity contribution in [2.45, 2.75) is 0 Å². The van der Waals surface area contributed by atoms with Crippen molar-refractivity contribution in [1.29, 1.82) is 0 Å². The second-order valence-corrected chi connectivity index (χ2v) is 3.73. The molecule has 8 heteroatoms. The highest BCUT2D eigenvalue weighted by Gasteiger charge is 2.24. The number of nitrogens with zero attached hydrogens (tertiary/aromatic N) is 2. The maximum Gasteiger partial charge on any atom is 0.426 e. The van der Waals surface area contributed by atoms with Crippen LogP contribution in [0.5, 0.6) is 0 Å². The monoisotopic (exact) mass is 265 g/mol. The Kier molecular flexibility index (Phi) is 3.51. The van der Waals surface area contributed by atoms with Gasteiger partial charge in [-0.3, -0.25) is 5.43 Å². The van der Waals surface area contributed by atoms with Crippen molar-refractivity contribution in [3.8, 4) is 0 Å². The number of carbonyl (C=O) groups is 2. The number of benzene rings is 1. The zero-order valence-corrected chi connectivity index (χ0v) is 9.74. The zero-order chi connectivity index (χ0) is 13.8. The summed E-state index contributed by atoms with van der Waals surface area (Å²) in [6.07, 6.45) is -1.17. The standard InChI is InChI=1S/C11H11N3O5/c15-10(16)6-19-13-9-5-14(11(17)18)12-8-4-2-1-3-7(8)9/h1-4,12H,5-6H2,(H,15,16)(H,17,18). The van der Waals surface area contributed by atoms with Crippen molar-refractivity contribution in [2.24, 2.45) is 5.16 Å². The Labute approximate surface area is 107 Å². The molecule has 0 saturated carbocycles. The van der Waals surface area contributed by atoms with Gasteiger partial charge in [0.25, 0.3) is 0 Å². The second-order valence-electron chi connectivity index (χ2n) is 3.73. The summed E-state index contributed by atoms with van der Waals surface area (Å²) < 4.78 is 0. The predicted molar refractivity (Wildman–Crippen MR) is 64.9 cm³/mol. The highest BCUT2D eigenvalue weighted by atomic mass is 16.6. The minimum Gasteiger partial charge on any atom is -0.479 e. The Hall–Kier alpha value is -2.77. The highest BCUT2D eigenvalue weighted by Crippen LogP contribution is 2.22. The van der Waals surface area contributed by atoms with E-state index >= 15 is 0 Å². The lowest BCUT2D eigenvalue weighted by Gasteiger charge is -2.28. The molecule has 1 aromatic rings. The fourth-order valence-corrected chi connectivity index (χ4v) is 1.61. The van der Waals surface area contributed by atoms with E-state index in [-0.39, 0.29) is 6.54 Å². The van der Waals surface area contributed by atoms with Crippen LogP contribution < -0.4 is 5.43 Å². The number of hydrogen-bond acceptors (Lipinski definition) is 5. The normalized spacial score (nSPS) is 15.6. The minimum absolute atomic E-state index is 0.0357. The SMILES string of the molecule is O=C(O)CON=C1CN(C(=O)O)Nc2ccccc21. The summed E-state index contributed by atoms with van der Waals surface area (Å²) in [5, 5.41) is 22.1. The largest absolute Gasteiger partial charge is 0.479 e. The van der Waals surface area contributed by atoms with E-state index in [2.05, 4.69) is 15.4 Å². The van der Waals surface area contributed by atoms with Crippen LogP contribution in [0.1, 0.15) is 5.56 Å². The van der Waals surface area contributed by atoms with Gasteiger partial charge < -0.3 is 15.1 Å². The van der Waals surface area contributed by atoms with Crippen molar-refractivity contribution in [3.63, 3.8) is 0 Å². The lowest BCUT2D eigenvalue weighted by atomic mass is 10.1. The van der Waals surface area contributed by atoms with E-state index in [0.29, 0.717) is 17.0 Å². The first-order valence-electron chi connectivity index (χ1n) is 5.35. The number of carboxylic acid groups (broad SMARTS) is 2. The molecule has 2 rings (SSSR count). The Bertz CT molecular complexity index is 543. The molecule has 0 fully saturated rings. The zero-order valence-electron chi connectivity index (χ0n) is 9.74. The maximum atomic E-state index is 11.0.